The molecule has 0 radical (unpaired) electrons. The Hall–Kier alpha value is -1.65. The summed E-state index contributed by atoms with van der Waals surface area (Å²) in [5.41, 5.74) is 8.76. The van der Waals surface area contributed by atoms with Crippen LogP contribution < -0.4 is 10.5 Å². The first-order valence-electron chi connectivity index (χ1n) is 6.45. The summed E-state index contributed by atoms with van der Waals surface area (Å²) in [7, 11) is 0.579. The van der Waals surface area contributed by atoms with Crippen LogP contribution in [0.25, 0.3) is 0 Å². The van der Waals surface area contributed by atoms with Gasteiger partial charge < -0.3 is 10.5 Å². The van der Waals surface area contributed by atoms with Crippen LogP contribution in [0, 0.1) is 6.92 Å². The van der Waals surface area contributed by atoms with Crippen LogP contribution in [0.1, 0.15) is 16.7 Å². The van der Waals surface area contributed by atoms with E-state index < -0.39 is 10.8 Å². The van der Waals surface area contributed by atoms with E-state index in [1.54, 1.807) is 7.11 Å². The van der Waals surface area contributed by atoms with Crippen LogP contribution in [-0.2, 0) is 23.1 Å². The predicted molar refractivity (Wildman–Crippen MR) is 82.2 cm³/mol. The minimum atomic E-state index is -1.05. The quantitative estimate of drug-likeness (QED) is 0.921. The van der Waals surface area contributed by atoms with Crippen molar-refractivity contribution in [1.82, 2.24) is 0 Å². The van der Waals surface area contributed by atoms with Crippen molar-refractivity contribution < 1.29 is 8.95 Å². The molecule has 1 unspecified atom stereocenters. The lowest BCUT2D eigenvalue weighted by molar-refractivity contribution is 0.409. The lowest BCUT2D eigenvalue weighted by Crippen LogP contribution is -2.03. The molecule has 2 aromatic rings. The first kappa shape index (κ1) is 14.8. The molecule has 0 aromatic heterocycles. The molecule has 0 aliphatic heterocycles. The zero-order chi connectivity index (χ0) is 14.5. The summed E-state index contributed by atoms with van der Waals surface area (Å²) in [5, 5.41) is 0. The van der Waals surface area contributed by atoms with Gasteiger partial charge in [-0.05, 0) is 42.3 Å². The van der Waals surface area contributed by atoms with Crippen molar-refractivity contribution >= 4 is 10.8 Å². The number of nitrogens with two attached hydrogens (primary N) is 1. The van der Waals surface area contributed by atoms with Crippen molar-refractivity contribution in [2.45, 2.75) is 24.1 Å². The van der Waals surface area contributed by atoms with Crippen molar-refractivity contribution in [3.05, 3.63) is 59.2 Å². The summed E-state index contributed by atoms with van der Waals surface area (Å²) in [4.78, 5) is 0.857. The van der Waals surface area contributed by atoms with Gasteiger partial charge in [-0.15, -0.1) is 0 Å². The third kappa shape index (κ3) is 3.46. The fraction of sp³-hybridized carbons (Fsp3) is 0.250. The number of methoxy groups -OCH3 is 1. The summed E-state index contributed by atoms with van der Waals surface area (Å²) in [6.07, 6.45) is 0. The van der Waals surface area contributed by atoms with Gasteiger partial charge in [-0.2, -0.15) is 0 Å². The van der Waals surface area contributed by atoms with Gasteiger partial charge in [0.2, 0.25) is 0 Å². The maximum Gasteiger partial charge on any atom is 0.123 e. The second kappa shape index (κ2) is 6.68. The monoisotopic (exact) mass is 289 g/mol. The lowest BCUT2D eigenvalue weighted by atomic mass is 10.1. The highest BCUT2D eigenvalue weighted by Gasteiger charge is 2.08. The highest BCUT2D eigenvalue weighted by atomic mass is 32.2. The summed E-state index contributed by atoms with van der Waals surface area (Å²) < 4.78 is 17.6. The third-order valence-corrected chi connectivity index (χ3v) is 4.49. The Balaban J connectivity index is 2.19. The van der Waals surface area contributed by atoms with Gasteiger partial charge in [0.15, 0.2) is 0 Å². The van der Waals surface area contributed by atoms with Crippen molar-refractivity contribution in [2.24, 2.45) is 5.73 Å². The first-order valence-corrected chi connectivity index (χ1v) is 7.77. The van der Waals surface area contributed by atoms with E-state index in [9.17, 15) is 4.21 Å². The van der Waals surface area contributed by atoms with Crippen LogP contribution in [0.5, 0.6) is 5.75 Å². The van der Waals surface area contributed by atoms with Crippen molar-refractivity contribution in [1.29, 1.82) is 0 Å². The molecule has 0 saturated heterocycles. The molecular formula is C16H19NO2S. The molecular weight excluding hydrogens is 270 g/mol. The molecule has 2 N–H and O–H groups in total. The smallest absolute Gasteiger partial charge is 0.123 e. The molecule has 0 aliphatic carbocycles. The molecule has 2 rings (SSSR count). The van der Waals surface area contributed by atoms with Gasteiger partial charge in [0, 0.05) is 17.0 Å². The lowest BCUT2D eigenvalue weighted by Gasteiger charge is -2.09. The fourth-order valence-electron chi connectivity index (χ4n) is 2.07. The molecule has 106 valence electrons. The molecule has 1 atom stereocenters. The molecule has 3 nitrogen and oxygen atoms in total. The SMILES string of the molecule is COc1ccc(CS(=O)c2cccc(C)c2)cc1CN. The van der Waals surface area contributed by atoms with Crippen molar-refractivity contribution in [2.75, 3.05) is 7.11 Å². The standard InChI is InChI=1S/C16H19NO2S/c1-12-4-3-5-15(8-12)20(18)11-13-6-7-16(19-2)14(9-13)10-17/h3-9H,10-11,17H2,1-2H3. The normalized spacial score (nSPS) is 12.2. The number of rotatable bonds is 5. The Morgan fingerprint density at radius 3 is 2.65 bits per heavy atom. The summed E-state index contributed by atoms with van der Waals surface area (Å²) >= 11 is 0. The van der Waals surface area contributed by atoms with E-state index in [1.807, 2.05) is 49.4 Å². The van der Waals surface area contributed by atoms with E-state index in [4.69, 9.17) is 10.5 Å². The molecule has 0 saturated carbocycles. The number of ether oxygens (including phenoxy) is 1. The maximum absolute atomic E-state index is 12.4. The van der Waals surface area contributed by atoms with Gasteiger partial charge in [0.1, 0.15) is 5.75 Å². The van der Waals surface area contributed by atoms with Crippen LogP contribution in [0.15, 0.2) is 47.4 Å². The molecule has 20 heavy (non-hydrogen) atoms. The Morgan fingerprint density at radius 1 is 1.20 bits per heavy atom. The van der Waals surface area contributed by atoms with Crippen molar-refractivity contribution in [3.63, 3.8) is 0 Å². The first-order chi connectivity index (χ1) is 9.63. The molecule has 0 heterocycles. The number of hydrogen-bond acceptors (Lipinski definition) is 3. The highest BCUT2D eigenvalue weighted by molar-refractivity contribution is 7.84. The van der Waals surface area contributed by atoms with Gasteiger partial charge in [-0.25, -0.2) is 0 Å². The van der Waals surface area contributed by atoms with Crippen LogP contribution in [0.4, 0.5) is 0 Å². The maximum atomic E-state index is 12.4. The third-order valence-electron chi connectivity index (χ3n) is 3.11. The number of aryl methyl sites for hydroxylation is 1. The van der Waals surface area contributed by atoms with E-state index in [2.05, 4.69) is 0 Å². The number of hydrogen-bond donors (Lipinski definition) is 1. The van der Waals surface area contributed by atoms with Gasteiger partial charge in [0.25, 0.3) is 0 Å². The Morgan fingerprint density at radius 2 is 2.00 bits per heavy atom. The van der Waals surface area contributed by atoms with E-state index >= 15 is 0 Å². The second-order valence-electron chi connectivity index (χ2n) is 4.66. The van der Waals surface area contributed by atoms with Gasteiger partial charge in [-0.1, -0.05) is 18.2 Å². The van der Waals surface area contributed by atoms with E-state index in [1.165, 1.54) is 0 Å². The van der Waals surface area contributed by atoms with Gasteiger partial charge in [0.05, 0.1) is 23.7 Å². The Labute approximate surface area is 122 Å². The highest BCUT2D eigenvalue weighted by Crippen LogP contribution is 2.21. The molecule has 4 heteroatoms. The largest absolute Gasteiger partial charge is 0.496 e. The molecule has 0 aliphatic rings. The van der Waals surface area contributed by atoms with E-state index in [0.29, 0.717) is 12.3 Å². The predicted octanol–water partition coefficient (Wildman–Crippen LogP) is 2.77. The molecule has 0 amide bonds. The van der Waals surface area contributed by atoms with E-state index in [0.717, 1.165) is 27.3 Å². The summed E-state index contributed by atoms with van der Waals surface area (Å²) in [5.74, 6) is 1.26. The Kier molecular flexibility index (Phi) is 4.93. The topological polar surface area (TPSA) is 52.3 Å². The van der Waals surface area contributed by atoms with Crippen molar-refractivity contribution in [3.8, 4) is 5.75 Å². The van der Waals surface area contributed by atoms with E-state index in [-0.39, 0.29) is 0 Å². The molecule has 0 spiro atoms. The molecule has 0 bridgehead atoms. The molecule has 0 fully saturated rings. The van der Waals surface area contributed by atoms with Crippen LogP contribution in [-0.4, -0.2) is 11.3 Å². The average molecular weight is 289 g/mol. The minimum absolute atomic E-state index is 0.411. The molecule has 2 aromatic carbocycles. The zero-order valence-corrected chi connectivity index (χ0v) is 12.6. The van der Waals surface area contributed by atoms with Gasteiger partial charge >= 0.3 is 0 Å². The summed E-state index contributed by atoms with van der Waals surface area (Å²) in [6.45, 7) is 2.41. The van der Waals surface area contributed by atoms with Crippen LogP contribution in [0.3, 0.4) is 0 Å². The van der Waals surface area contributed by atoms with Gasteiger partial charge in [-0.3, -0.25) is 4.21 Å². The Bertz CT molecular complexity index is 626. The second-order valence-corrected chi connectivity index (χ2v) is 6.11. The fourth-order valence-corrected chi connectivity index (χ4v) is 3.27. The average Bonchev–Trinajstić information content (AvgIpc) is 2.47. The summed E-state index contributed by atoms with van der Waals surface area (Å²) in [6, 6.07) is 13.6. The zero-order valence-electron chi connectivity index (χ0n) is 11.8. The van der Waals surface area contributed by atoms with Crippen LogP contribution in [0.2, 0.25) is 0 Å². The number of benzene rings is 2. The minimum Gasteiger partial charge on any atom is -0.496 e. The van der Waals surface area contributed by atoms with Crippen LogP contribution >= 0.6 is 0 Å².